The Morgan fingerprint density at radius 1 is 1.23 bits per heavy atom. The maximum absolute atomic E-state index is 12.0. The van der Waals surface area contributed by atoms with Gasteiger partial charge in [-0.05, 0) is 32.4 Å². The number of hydrogen-bond donors (Lipinski definition) is 1. The van der Waals surface area contributed by atoms with Gasteiger partial charge in [0.15, 0.2) is 24.0 Å². The van der Waals surface area contributed by atoms with Crippen LogP contribution in [0.5, 0.6) is 0 Å². The Bertz CT molecular complexity index is 562. The summed E-state index contributed by atoms with van der Waals surface area (Å²) in [5.41, 5.74) is 1.26. The fourth-order valence-electron chi connectivity index (χ4n) is 2.16. The molecule has 2 atom stereocenters. The van der Waals surface area contributed by atoms with E-state index < -0.39 is 24.2 Å². The lowest BCUT2D eigenvalue weighted by atomic mass is 10.1. The number of ether oxygens (including phenoxy) is 3. The molecular weight excluding hydrogens is 336 g/mol. The van der Waals surface area contributed by atoms with Gasteiger partial charge in [-0.3, -0.25) is 4.79 Å². The van der Waals surface area contributed by atoms with Gasteiger partial charge in [0.2, 0.25) is 0 Å². The molecule has 6 nitrogen and oxygen atoms in total. The Morgan fingerprint density at radius 3 is 2.35 bits per heavy atom. The fraction of sp³-hybridized carbons (Fsp3) is 0.600. The van der Waals surface area contributed by atoms with E-state index in [1.807, 2.05) is 33.8 Å². The van der Waals surface area contributed by atoms with Gasteiger partial charge >= 0.3 is 5.97 Å². The molecule has 2 rings (SSSR count). The van der Waals surface area contributed by atoms with Crippen LogP contribution in [0.15, 0.2) is 24.3 Å². The van der Waals surface area contributed by atoms with Gasteiger partial charge in [0.05, 0.1) is 12.0 Å². The normalized spacial score (nSPS) is 19.0. The lowest BCUT2D eigenvalue weighted by Gasteiger charge is -2.22. The van der Waals surface area contributed by atoms with Gasteiger partial charge in [-0.15, -0.1) is 0 Å². The van der Waals surface area contributed by atoms with Crippen molar-refractivity contribution in [2.75, 3.05) is 6.61 Å². The molecule has 1 N–H and O–H groups in total. The molecule has 1 aromatic rings. The molecule has 0 radical (unpaired) electrons. The summed E-state index contributed by atoms with van der Waals surface area (Å²) in [5.74, 6) is -2.11. The van der Waals surface area contributed by atoms with Crippen LogP contribution < -0.4 is 0 Å². The molecule has 1 aliphatic heterocycles. The number of hydrogen-bond acceptors (Lipinski definition) is 6. The molecule has 1 aromatic carbocycles. The van der Waals surface area contributed by atoms with Crippen molar-refractivity contribution in [2.24, 2.45) is 0 Å². The number of aliphatic hydroxyl groups is 1. The van der Waals surface area contributed by atoms with Crippen LogP contribution in [0.1, 0.15) is 63.9 Å². The molecule has 6 heteroatoms. The average Bonchev–Trinajstić information content (AvgIpc) is 2.94. The molecular formula is C20H32O6. The van der Waals surface area contributed by atoms with Gasteiger partial charge in [0.25, 0.3) is 0 Å². The molecule has 0 spiro atoms. The Morgan fingerprint density at radius 2 is 1.81 bits per heavy atom. The van der Waals surface area contributed by atoms with Crippen molar-refractivity contribution in [1.82, 2.24) is 0 Å². The second kappa shape index (κ2) is 11.8. The Labute approximate surface area is 156 Å². The number of benzene rings is 1. The van der Waals surface area contributed by atoms with Crippen molar-refractivity contribution in [3.8, 4) is 0 Å². The summed E-state index contributed by atoms with van der Waals surface area (Å²) in [6.45, 7) is 12.5. The summed E-state index contributed by atoms with van der Waals surface area (Å²) < 4.78 is 15.7. The summed E-state index contributed by atoms with van der Waals surface area (Å²) in [4.78, 5) is 23.8. The molecule has 1 saturated heterocycles. The first kappa shape index (κ1) is 24.2. The Balaban J connectivity index is 0.00000146. The molecule has 0 saturated carbocycles. The van der Waals surface area contributed by atoms with Crippen molar-refractivity contribution in [2.45, 2.75) is 73.1 Å². The largest absolute Gasteiger partial charge is 0.459 e. The molecule has 26 heavy (non-hydrogen) atoms. The van der Waals surface area contributed by atoms with Crippen LogP contribution in [0.2, 0.25) is 0 Å². The third-order valence-corrected chi connectivity index (χ3v) is 3.19. The number of esters is 1. The zero-order valence-electron chi connectivity index (χ0n) is 16.9. The van der Waals surface area contributed by atoms with E-state index in [0.29, 0.717) is 5.56 Å². The number of carbonyl (C=O) groups excluding carboxylic acids is 2. The highest BCUT2D eigenvalue weighted by molar-refractivity contribution is 5.91. The van der Waals surface area contributed by atoms with Gasteiger partial charge in [-0.2, -0.15) is 0 Å². The number of carbonyl (C=O) groups is 2. The summed E-state index contributed by atoms with van der Waals surface area (Å²) in [6.07, 6.45) is -1.66. The van der Waals surface area contributed by atoms with Gasteiger partial charge in [-0.25, -0.2) is 4.79 Å². The van der Waals surface area contributed by atoms with Crippen LogP contribution in [-0.4, -0.2) is 41.6 Å². The second-order valence-electron chi connectivity index (χ2n) is 5.70. The third-order valence-electron chi connectivity index (χ3n) is 3.19. The van der Waals surface area contributed by atoms with Crippen molar-refractivity contribution >= 4 is 11.8 Å². The van der Waals surface area contributed by atoms with E-state index in [4.69, 9.17) is 14.2 Å². The molecule has 0 bridgehead atoms. The van der Waals surface area contributed by atoms with E-state index in [9.17, 15) is 14.7 Å². The van der Waals surface area contributed by atoms with Gasteiger partial charge in [0.1, 0.15) is 6.61 Å². The van der Waals surface area contributed by atoms with Crippen molar-refractivity contribution < 1.29 is 28.9 Å². The average molecular weight is 368 g/mol. The van der Waals surface area contributed by atoms with E-state index in [1.54, 1.807) is 25.1 Å². The first-order valence-electron chi connectivity index (χ1n) is 9.07. The van der Waals surface area contributed by atoms with E-state index in [-0.39, 0.29) is 18.8 Å². The summed E-state index contributed by atoms with van der Waals surface area (Å²) in [5, 5.41) is 9.55. The van der Waals surface area contributed by atoms with Crippen molar-refractivity contribution in [1.29, 1.82) is 0 Å². The number of rotatable bonds is 5. The molecule has 0 amide bonds. The van der Waals surface area contributed by atoms with E-state index >= 15 is 0 Å². The van der Waals surface area contributed by atoms with E-state index in [0.717, 1.165) is 5.56 Å². The Hall–Kier alpha value is -1.76. The van der Waals surface area contributed by atoms with Crippen LogP contribution in [0.4, 0.5) is 0 Å². The maximum atomic E-state index is 12.0. The van der Waals surface area contributed by atoms with Gasteiger partial charge in [0, 0.05) is 0 Å². The third kappa shape index (κ3) is 8.08. The van der Waals surface area contributed by atoms with Crippen LogP contribution >= 0.6 is 0 Å². The lowest BCUT2D eigenvalue weighted by Crippen LogP contribution is -2.31. The smallest absolute Gasteiger partial charge is 0.338 e. The fourth-order valence-corrected chi connectivity index (χ4v) is 2.16. The number of ketones is 1. The summed E-state index contributed by atoms with van der Waals surface area (Å²) in [6, 6.07) is 7.04. The molecule has 1 fully saturated rings. The highest BCUT2D eigenvalue weighted by atomic mass is 16.7. The predicted molar refractivity (Wildman–Crippen MR) is 99.8 cm³/mol. The lowest BCUT2D eigenvalue weighted by molar-refractivity contribution is -0.270. The monoisotopic (exact) mass is 368 g/mol. The van der Waals surface area contributed by atoms with Gasteiger partial charge < -0.3 is 19.3 Å². The molecule has 0 aliphatic carbocycles. The predicted octanol–water partition coefficient (Wildman–Crippen LogP) is 3.63. The number of Topliss-reactive ketones (excluding diaryl/α,β-unsaturated/α-hetero) is 1. The zero-order chi connectivity index (χ0) is 20.3. The SMILES string of the molecule is CC.CC.Cc1ccccc1C(=O)OCC1OC(OC(C)(C)O)CC1=O. The minimum absolute atomic E-state index is 0.0244. The van der Waals surface area contributed by atoms with Crippen LogP contribution in [0.25, 0.3) is 0 Å². The van der Waals surface area contributed by atoms with E-state index in [1.165, 1.54) is 13.8 Å². The standard InChI is InChI=1S/C16H20O6.2C2H6/c1-10-6-4-5-7-11(10)15(18)20-9-13-12(17)8-14(21-13)22-16(2,3)19;2*1-2/h4-7,13-14,19H,8-9H2,1-3H3;2*1-2H3. The Kier molecular flexibility index (Phi) is 11.0. The first-order valence-corrected chi connectivity index (χ1v) is 9.07. The van der Waals surface area contributed by atoms with Gasteiger partial charge in [-0.1, -0.05) is 45.9 Å². The highest BCUT2D eigenvalue weighted by Crippen LogP contribution is 2.22. The van der Waals surface area contributed by atoms with Crippen LogP contribution in [0, 0.1) is 6.92 Å². The second-order valence-corrected chi connectivity index (χ2v) is 5.70. The minimum Gasteiger partial charge on any atom is -0.459 e. The topological polar surface area (TPSA) is 82.1 Å². The molecule has 1 aliphatic rings. The van der Waals surface area contributed by atoms with E-state index in [2.05, 4.69) is 0 Å². The van der Waals surface area contributed by atoms with Crippen LogP contribution in [-0.2, 0) is 19.0 Å². The molecule has 2 unspecified atom stereocenters. The molecule has 0 aromatic heterocycles. The van der Waals surface area contributed by atoms with Crippen molar-refractivity contribution in [3.05, 3.63) is 35.4 Å². The quantitative estimate of drug-likeness (QED) is 0.631. The summed E-state index contributed by atoms with van der Waals surface area (Å²) in [7, 11) is 0. The highest BCUT2D eigenvalue weighted by Gasteiger charge is 2.37. The van der Waals surface area contributed by atoms with Crippen LogP contribution in [0.3, 0.4) is 0 Å². The van der Waals surface area contributed by atoms with Crippen molar-refractivity contribution in [3.63, 3.8) is 0 Å². The number of aryl methyl sites for hydroxylation is 1. The minimum atomic E-state index is -1.39. The maximum Gasteiger partial charge on any atom is 0.338 e. The zero-order valence-corrected chi connectivity index (χ0v) is 16.9. The molecule has 148 valence electrons. The first-order chi connectivity index (χ1) is 12.3. The molecule has 1 heterocycles. The summed E-state index contributed by atoms with van der Waals surface area (Å²) >= 11 is 0.